The Kier molecular flexibility index (Phi) is 9.40. The van der Waals surface area contributed by atoms with Crippen molar-refractivity contribution in [1.82, 2.24) is 10.3 Å². The number of ketones is 1. The quantitative estimate of drug-likeness (QED) is 0.544. The maximum atomic E-state index is 12.8. The Balaban J connectivity index is 0.000000336. The van der Waals surface area contributed by atoms with Crippen LogP contribution in [0.3, 0.4) is 0 Å². The average molecular weight is 461 g/mol. The van der Waals surface area contributed by atoms with Crippen molar-refractivity contribution in [3.8, 4) is 0 Å². The molecule has 1 fully saturated rings. The van der Waals surface area contributed by atoms with Crippen LogP contribution in [0.5, 0.6) is 0 Å². The van der Waals surface area contributed by atoms with E-state index >= 15 is 0 Å². The molecule has 3 unspecified atom stereocenters. The Morgan fingerprint density at radius 1 is 1.28 bits per heavy atom. The van der Waals surface area contributed by atoms with E-state index in [0.717, 1.165) is 42.8 Å². The zero-order valence-corrected chi connectivity index (χ0v) is 21.3. The van der Waals surface area contributed by atoms with Gasteiger partial charge in [0.25, 0.3) is 0 Å². The van der Waals surface area contributed by atoms with E-state index in [2.05, 4.69) is 35.6 Å². The fourth-order valence-electron chi connectivity index (χ4n) is 5.19. The number of carbonyl (C=O) groups is 2. The molecule has 0 saturated heterocycles. The van der Waals surface area contributed by atoms with Gasteiger partial charge in [0, 0.05) is 17.8 Å². The Hall–Kier alpha value is -1.79. The van der Waals surface area contributed by atoms with Crippen LogP contribution in [-0.4, -0.2) is 34.4 Å². The fraction of sp³-hybridized carbons (Fsp3) is 0.654. The number of carbonyl (C=O) groups excluding carboxylic acids is 2. The predicted molar refractivity (Wildman–Crippen MR) is 132 cm³/mol. The summed E-state index contributed by atoms with van der Waals surface area (Å²) in [5.74, 6) is -0.103. The largest absolute Gasteiger partial charge is 0.392 e. The lowest BCUT2D eigenvalue weighted by Gasteiger charge is -2.43. The van der Waals surface area contributed by atoms with Gasteiger partial charge in [0.2, 0.25) is 5.91 Å². The molecular weight excluding hydrogens is 420 g/mol. The first kappa shape index (κ1) is 26.5. The van der Waals surface area contributed by atoms with E-state index in [4.69, 9.17) is 0 Å². The van der Waals surface area contributed by atoms with Gasteiger partial charge in [-0.05, 0) is 71.3 Å². The van der Waals surface area contributed by atoms with Gasteiger partial charge in [0.1, 0.15) is 5.78 Å². The molecule has 1 aliphatic carbocycles. The summed E-state index contributed by atoms with van der Waals surface area (Å²) in [6.07, 6.45) is 9.82. The molecule has 1 saturated carbocycles. The number of aliphatic hydroxyl groups is 1. The molecule has 1 aromatic heterocycles. The fourth-order valence-corrected chi connectivity index (χ4v) is 5.77. The number of hydrogen-bond donors (Lipinski definition) is 2. The molecule has 6 heteroatoms. The molecule has 0 radical (unpaired) electrons. The molecular formula is C26H40N2O3S. The summed E-state index contributed by atoms with van der Waals surface area (Å²) in [7, 11) is 0. The highest BCUT2D eigenvalue weighted by Gasteiger charge is 2.60. The lowest BCUT2D eigenvalue weighted by molar-refractivity contribution is -0.143. The van der Waals surface area contributed by atoms with Gasteiger partial charge in [-0.25, -0.2) is 4.98 Å². The third-order valence-corrected chi connectivity index (χ3v) is 8.04. The second-order valence-electron chi connectivity index (χ2n) is 9.79. The molecule has 32 heavy (non-hydrogen) atoms. The second-order valence-corrected chi connectivity index (χ2v) is 10.8. The van der Waals surface area contributed by atoms with Crippen LogP contribution in [0, 0.1) is 23.7 Å². The number of hydrogen-bond acceptors (Lipinski definition) is 5. The summed E-state index contributed by atoms with van der Waals surface area (Å²) in [5, 5.41) is 16.8. The standard InChI is InChI=1S/C19H31NO3.C7H9NS/c1-13-7-5-9-18(3)12-14(2)17(23)19(18,4)15(21)11-16(22)20-10-6-8-13;1-3-4-7-5-9-6(2)8-7/h8,14-15,21H,5-7,9-12H2,1-4H3,(H,20,22);3-5H,1-2H3/b13-8-;4-3-/t14?,15?,18-,19?;/m1./s1. The highest BCUT2D eigenvalue weighted by atomic mass is 32.1. The van der Waals surface area contributed by atoms with E-state index in [0.29, 0.717) is 6.54 Å². The second kappa shape index (κ2) is 11.4. The smallest absolute Gasteiger partial charge is 0.222 e. The van der Waals surface area contributed by atoms with Crippen LogP contribution in [0.4, 0.5) is 0 Å². The summed E-state index contributed by atoms with van der Waals surface area (Å²) >= 11 is 1.68. The third-order valence-electron chi connectivity index (χ3n) is 7.25. The van der Waals surface area contributed by atoms with Crippen molar-refractivity contribution in [3.05, 3.63) is 33.8 Å². The first-order valence-corrected chi connectivity index (χ1v) is 12.6. The van der Waals surface area contributed by atoms with E-state index in [1.54, 1.807) is 11.3 Å². The lowest BCUT2D eigenvalue weighted by atomic mass is 9.61. The highest BCUT2D eigenvalue weighted by Crippen LogP contribution is 2.57. The number of fused-ring (bicyclic) bond motifs is 1. The van der Waals surface area contributed by atoms with Crippen molar-refractivity contribution in [2.75, 3.05) is 6.54 Å². The molecule has 3 rings (SSSR count). The highest BCUT2D eigenvalue weighted by molar-refractivity contribution is 7.09. The summed E-state index contributed by atoms with van der Waals surface area (Å²) in [6.45, 7) is 12.7. The van der Waals surface area contributed by atoms with Crippen LogP contribution in [0.25, 0.3) is 6.08 Å². The minimum absolute atomic E-state index is 0.00719. The van der Waals surface area contributed by atoms with E-state index in [-0.39, 0.29) is 29.4 Å². The Morgan fingerprint density at radius 2 is 2.00 bits per heavy atom. The van der Waals surface area contributed by atoms with Gasteiger partial charge >= 0.3 is 0 Å². The molecule has 0 bridgehead atoms. The maximum Gasteiger partial charge on any atom is 0.222 e. The number of allylic oxidation sites excluding steroid dienone is 2. The Bertz CT molecular complexity index is 859. The van der Waals surface area contributed by atoms with E-state index < -0.39 is 11.5 Å². The van der Waals surface area contributed by atoms with Crippen molar-refractivity contribution < 1.29 is 14.7 Å². The van der Waals surface area contributed by atoms with Gasteiger partial charge in [-0.1, -0.05) is 31.6 Å². The molecule has 178 valence electrons. The molecule has 0 spiro atoms. The molecule has 2 heterocycles. The van der Waals surface area contributed by atoms with E-state index in [1.807, 2.05) is 39.8 Å². The molecule has 5 nitrogen and oxygen atoms in total. The average Bonchev–Trinajstić information content (AvgIpc) is 3.21. The monoisotopic (exact) mass is 460 g/mol. The number of aromatic nitrogens is 1. The first-order chi connectivity index (χ1) is 15.0. The van der Waals surface area contributed by atoms with Crippen LogP contribution in [0.15, 0.2) is 23.1 Å². The molecule has 2 N–H and O–H groups in total. The van der Waals surface area contributed by atoms with Crippen molar-refractivity contribution in [2.24, 2.45) is 16.7 Å². The predicted octanol–water partition coefficient (Wildman–Crippen LogP) is 5.48. The van der Waals surface area contributed by atoms with Crippen molar-refractivity contribution in [1.29, 1.82) is 0 Å². The molecule has 1 aromatic rings. The van der Waals surface area contributed by atoms with Gasteiger partial charge in [-0.3, -0.25) is 9.59 Å². The van der Waals surface area contributed by atoms with Crippen LogP contribution in [-0.2, 0) is 9.59 Å². The van der Waals surface area contributed by atoms with Crippen LogP contribution in [0.1, 0.15) is 83.8 Å². The number of aryl methyl sites for hydroxylation is 1. The summed E-state index contributed by atoms with van der Waals surface area (Å²) in [6, 6.07) is 0. The van der Waals surface area contributed by atoms with Crippen LogP contribution >= 0.6 is 11.3 Å². The summed E-state index contributed by atoms with van der Waals surface area (Å²) in [5.41, 5.74) is 1.31. The number of aliphatic hydroxyl groups excluding tert-OH is 1. The Morgan fingerprint density at radius 3 is 2.62 bits per heavy atom. The zero-order chi connectivity index (χ0) is 23.9. The van der Waals surface area contributed by atoms with Crippen molar-refractivity contribution in [3.63, 3.8) is 0 Å². The lowest BCUT2D eigenvalue weighted by Crippen LogP contribution is -2.49. The van der Waals surface area contributed by atoms with Gasteiger partial charge in [0.05, 0.1) is 28.6 Å². The number of nitrogens with zero attached hydrogens (tertiary/aromatic N) is 1. The number of nitrogens with one attached hydrogen (secondary N) is 1. The SMILES string of the molecule is C/C1=C/CCNC(=O)CC(O)C2(C)C(=O)C(C)C[C@@]2(C)CCC1.C/C=C\c1csc(C)n1. The van der Waals surface area contributed by atoms with E-state index in [9.17, 15) is 14.7 Å². The molecule has 4 atom stereocenters. The molecule has 1 amide bonds. The van der Waals surface area contributed by atoms with Crippen molar-refractivity contribution >= 4 is 29.1 Å². The normalized spacial score (nSPS) is 33.7. The van der Waals surface area contributed by atoms with Gasteiger partial charge in [-0.15, -0.1) is 11.3 Å². The third kappa shape index (κ3) is 6.16. The van der Waals surface area contributed by atoms with Gasteiger partial charge in [-0.2, -0.15) is 0 Å². The van der Waals surface area contributed by atoms with Gasteiger partial charge in [0.15, 0.2) is 0 Å². The number of Topliss-reactive ketones (excluding diaryl/α,β-unsaturated/α-hetero) is 1. The maximum absolute atomic E-state index is 12.8. The summed E-state index contributed by atoms with van der Waals surface area (Å²) in [4.78, 5) is 29.2. The summed E-state index contributed by atoms with van der Waals surface area (Å²) < 4.78 is 0. The molecule has 2 aliphatic rings. The number of amides is 1. The topological polar surface area (TPSA) is 79.3 Å². The Labute approximate surface area is 197 Å². The minimum Gasteiger partial charge on any atom is -0.392 e. The number of thiazole rings is 1. The zero-order valence-electron chi connectivity index (χ0n) is 20.5. The molecule has 1 aliphatic heterocycles. The van der Waals surface area contributed by atoms with E-state index in [1.165, 1.54) is 5.57 Å². The van der Waals surface area contributed by atoms with Crippen LogP contribution < -0.4 is 5.32 Å². The molecule has 0 aromatic carbocycles. The van der Waals surface area contributed by atoms with Crippen molar-refractivity contribution in [2.45, 2.75) is 86.2 Å². The van der Waals surface area contributed by atoms with Crippen LogP contribution in [0.2, 0.25) is 0 Å². The van der Waals surface area contributed by atoms with Gasteiger partial charge < -0.3 is 10.4 Å². The number of rotatable bonds is 1. The minimum atomic E-state index is -0.917. The first-order valence-electron chi connectivity index (χ1n) is 11.7.